The average molecular weight is 301 g/mol. The van der Waals surface area contributed by atoms with Gasteiger partial charge in [0.1, 0.15) is 0 Å². The van der Waals surface area contributed by atoms with Crippen LogP contribution < -0.4 is 0 Å². The number of carbonyl (C=O) groups excluding carboxylic acids is 1. The standard InChI is InChI=1S/C14H15N5OS/c1-9(7-13-15-17-18-16-13)19(2)14(20)12-8-10-5-3-4-6-11(10)21-12/h3-6,8-9H,7H2,1-2H3,(H,15,16,17,18). The highest BCUT2D eigenvalue weighted by atomic mass is 32.1. The van der Waals surface area contributed by atoms with Gasteiger partial charge < -0.3 is 4.90 Å². The average Bonchev–Trinajstić information content (AvgIpc) is 3.14. The van der Waals surface area contributed by atoms with Gasteiger partial charge in [0, 0.05) is 24.2 Å². The Morgan fingerprint density at radius 2 is 2.24 bits per heavy atom. The predicted molar refractivity (Wildman–Crippen MR) is 81.3 cm³/mol. The molecule has 0 fully saturated rings. The Labute approximate surface area is 125 Å². The summed E-state index contributed by atoms with van der Waals surface area (Å²) in [6.45, 7) is 1.97. The largest absolute Gasteiger partial charge is 0.338 e. The molecule has 1 aromatic carbocycles. The predicted octanol–water partition coefficient (Wildman–Crippen LogP) is 2.12. The lowest BCUT2D eigenvalue weighted by Crippen LogP contribution is -2.36. The molecule has 1 N–H and O–H groups in total. The first kappa shape index (κ1) is 13.7. The van der Waals surface area contributed by atoms with Crippen molar-refractivity contribution < 1.29 is 4.79 Å². The minimum absolute atomic E-state index is 0.000289. The number of benzene rings is 1. The van der Waals surface area contributed by atoms with Gasteiger partial charge in [-0.15, -0.1) is 21.5 Å². The van der Waals surface area contributed by atoms with Gasteiger partial charge in [-0.05, 0) is 24.4 Å². The Hall–Kier alpha value is -2.28. The molecule has 21 heavy (non-hydrogen) atoms. The lowest BCUT2D eigenvalue weighted by atomic mass is 10.2. The lowest BCUT2D eigenvalue weighted by molar-refractivity contribution is 0.0747. The molecule has 0 bridgehead atoms. The van der Waals surface area contributed by atoms with E-state index < -0.39 is 0 Å². The molecule has 2 heterocycles. The third-order valence-corrected chi connectivity index (χ3v) is 4.59. The second kappa shape index (κ2) is 5.61. The highest BCUT2D eigenvalue weighted by Crippen LogP contribution is 2.26. The van der Waals surface area contributed by atoms with Gasteiger partial charge in [0.25, 0.3) is 5.91 Å². The molecule has 0 saturated carbocycles. The van der Waals surface area contributed by atoms with Gasteiger partial charge in [0.15, 0.2) is 5.82 Å². The normalized spacial score (nSPS) is 12.5. The summed E-state index contributed by atoms with van der Waals surface area (Å²) in [6.07, 6.45) is 0.573. The first-order valence-electron chi connectivity index (χ1n) is 6.63. The summed E-state index contributed by atoms with van der Waals surface area (Å²) >= 11 is 1.52. The zero-order chi connectivity index (χ0) is 14.8. The summed E-state index contributed by atoms with van der Waals surface area (Å²) in [7, 11) is 1.80. The summed E-state index contributed by atoms with van der Waals surface area (Å²) in [4.78, 5) is 15.0. The summed E-state index contributed by atoms with van der Waals surface area (Å²) in [5, 5.41) is 14.9. The smallest absolute Gasteiger partial charge is 0.263 e. The lowest BCUT2D eigenvalue weighted by Gasteiger charge is -2.23. The number of hydrogen-bond donors (Lipinski definition) is 1. The van der Waals surface area contributed by atoms with Crippen LogP contribution in [0.5, 0.6) is 0 Å². The number of rotatable bonds is 4. The second-order valence-electron chi connectivity index (χ2n) is 4.95. The van der Waals surface area contributed by atoms with E-state index in [-0.39, 0.29) is 11.9 Å². The molecule has 108 valence electrons. The van der Waals surface area contributed by atoms with Crippen LogP contribution in [0.1, 0.15) is 22.4 Å². The zero-order valence-electron chi connectivity index (χ0n) is 11.8. The maximum Gasteiger partial charge on any atom is 0.263 e. The van der Waals surface area contributed by atoms with Crippen molar-refractivity contribution in [2.24, 2.45) is 0 Å². The van der Waals surface area contributed by atoms with Crippen molar-refractivity contribution in [3.8, 4) is 0 Å². The number of thiophene rings is 1. The highest BCUT2D eigenvalue weighted by Gasteiger charge is 2.20. The Morgan fingerprint density at radius 1 is 1.43 bits per heavy atom. The zero-order valence-corrected chi connectivity index (χ0v) is 12.6. The molecule has 1 unspecified atom stereocenters. The van der Waals surface area contributed by atoms with E-state index in [9.17, 15) is 4.79 Å². The first-order valence-corrected chi connectivity index (χ1v) is 7.45. The van der Waals surface area contributed by atoms with E-state index >= 15 is 0 Å². The summed E-state index contributed by atoms with van der Waals surface area (Å²) in [6, 6.07) is 9.95. The van der Waals surface area contributed by atoms with Crippen LogP contribution in [0.25, 0.3) is 10.1 Å². The van der Waals surface area contributed by atoms with E-state index in [2.05, 4.69) is 20.6 Å². The SMILES string of the molecule is CC(Cc1nn[nH]n1)N(C)C(=O)c1cc2ccccc2s1. The number of hydrogen-bond acceptors (Lipinski definition) is 5. The first-order chi connectivity index (χ1) is 10.1. The number of fused-ring (bicyclic) bond motifs is 1. The summed E-state index contributed by atoms with van der Waals surface area (Å²) < 4.78 is 1.13. The van der Waals surface area contributed by atoms with Crippen LogP contribution in [0.2, 0.25) is 0 Å². The van der Waals surface area contributed by atoms with Crippen LogP contribution in [0, 0.1) is 0 Å². The molecule has 0 radical (unpaired) electrons. The highest BCUT2D eigenvalue weighted by molar-refractivity contribution is 7.20. The van der Waals surface area contributed by atoms with Crippen LogP contribution in [-0.4, -0.2) is 44.5 Å². The van der Waals surface area contributed by atoms with Crippen molar-refractivity contribution in [2.45, 2.75) is 19.4 Å². The van der Waals surface area contributed by atoms with Crippen molar-refractivity contribution in [2.75, 3.05) is 7.05 Å². The van der Waals surface area contributed by atoms with Crippen molar-refractivity contribution in [3.05, 3.63) is 41.0 Å². The summed E-state index contributed by atoms with van der Waals surface area (Å²) in [5.41, 5.74) is 0. The second-order valence-corrected chi connectivity index (χ2v) is 6.03. The van der Waals surface area contributed by atoms with E-state index in [0.717, 1.165) is 15.0 Å². The van der Waals surface area contributed by atoms with E-state index in [1.807, 2.05) is 37.3 Å². The number of nitrogens with one attached hydrogen (secondary N) is 1. The van der Waals surface area contributed by atoms with E-state index in [1.165, 1.54) is 11.3 Å². The van der Waals surface area contributed by atoms with Gasteiger partial charge in [0.05, 0.1) is 4.88 Å². The molecular weight excluding hydrogens is 286 g/mol. The van der Waals surface area contributed by atoms with E-state index in [0.29, 0.717) is 12.2 Å². The Kier molecular flexibility index (Phi) is 3.66. The topological polar surface area (TPSA) is 74.8 Å². The number of carbonyl (C=O) groups is 1. The molecule has 1 atom stereocenters. The van der Waals surface area contributed by atoms with Gasteiger partial charge in [-0.1, -0.05) is 23.4 Å². The molecule has 1 amide bonds. The minimum Gasteiger partial charge on any atom is -0.338 e. The number of likely N-dealkylation sites (N-methyl/N-ethyl adjacent to an activating group) is 1. The van der Waals surface area contributed by atoms with E-state index in [4.69, 9.17) is 0 Å². The fourth-order valence-electron chi connectivity index (χ4n) is 2.13. The van der Waals surface area contributed by atoms with Crippen LogP contribution in [0.3, 0.4) is 0 Å². The Morgan fingerprint density at radius 3 is 2.95 bits per heavy atom. The summed E-state index contributed by atoms with van der Waals surface area (Å²) in [5.74, 6) is 0.630. The van der Waals surface area contributed by atoms with Crippen LogP contribution >= 0.6 is 11.3 Å². The molecular formula is C14H15N5OS. The van der Waals surface area contributed by atoms with Crippen molar-refractivity contribution in [1.82, 2.24) is 25.5 Å². The maximum absolute atomic E-state index is 12.6. The molecule has 0 aliphatic carbocycles. The molecule has 3 aromatic rings. The van der Waals surface area contributed by atoms with Gasteiger partial charge in [-0.2, -0.15) is 5.21 Å². The quantitative estimate of drug-likeness (QED) is 0.801. The molecule has 0 spiro atoms. The number of H-pyrrole nitrogens is 1. The number of aromatic amines is 1. The van der Waals surface area contributed by atoms with Gasteiger partial charge >= 0.3 is 0 Å². The molecule has 0 saturated heterocycles. The van der Waals surface area contributed by atoms with Gasteiger partial charge in [-0.25, -0.2) is 0 Å². The Bertz CT molecular complexity index is 719. The molecule has 6 nitrogen and oxygen atoms in total. The number of amides is 1. The van der Waals surface area contributed by atoms with Crippen molar-refractivity contribution in [3.63, 3.8) is 0 Å². The maximum atomic E-state index is 12.6. The Balaban J connectivity index is 1.77. The van der Waals surface area contributed by atoms with Gasteiger partial charge in [-0.3, -0.25) is 4.79 Å². The number of aromatic nitrogens is 4. The fraction of sp³-hybridized carbons (Fsp3) is 0.286. The molecule has 3 rings (SSSR count). The molecule has 7 heteroatoms. The van der Waals surface area contributed by atoms with E-state index in [1.54, 1.807) is 11.9 Å². The van der Waals surface area contributed by atoms with Crippen molar-refractivity contribution >= 4 is 27.3 Å². The fourth-order valence-corrected chi connectivity index (χ4v) is 3.18. The van der Waals surface area contributed by atoms with Crippen LogP contribution in [0.15, 0.2) is 30.3 Å². The molecule has 2 aromatic heterocycles. The monoisotopic (exact) mass is 301 g/mol. The molecule has 0 aliphatic heterocycles. The van der Waals surface area contributed by atoms with Gasteiger partial charge in [0.2, 0.25) is 0 Å². The third kappa shape index (κ3) is 2.78. The van der Waals surface area contributed by atoms with Crippen molar-refractivity contribution in [1.29, 1.82) is 0 Å². The third-order valence-electron chi connectivity index (χ3n) is 3.49. The van der Waals surface area contributed by atoms with Crippen LogP contribution in [0.4, 0.5) is 0 Å². The number of tetrazole rings is 1. The minimum atomic E-state index is 0.000289. The number of nitrogens with zero attached hydrogens (tertiary/aromatic N) is 4. The molecule has 0 aliphatic rings. The van der Waals surface area contributed by atoms with Crippen LogP contribution in [-0.2, 0) is 6.42 Å².